The topological polar surface area (TPSA) is 64.7 Å². The van der Waals surface area contributed by atoms with Crippen LogP contribution in [0.1, 0.15) is 45.4 Å². The number of piperazine rings is 1. The molecule has 1 saturated heterocycles. The molecular formula is C17H33ClN4O2. The molecule has 0 unspecified atom stereocenters. The summed E-state index contributed by atoms with van der Waals surface area (Å²) >= 11 is 0. The molecule has 2 rings (SSSR count). The van der Waals surface area contributed by atoms with Crippen molar-refractivity contribution in [2.45, 2.75) is 51.0 Å². The smallest absolute Gasteiger partial charge is 0.239 e. The molecule has 2 aliphatic rings. The van der Waals surface area contributed by atoms with E-state index in [9.17, 15) is 9.59 Å². The van der Waals surface area contributed by atoms with Gasteiger partial charge in [-0.3, -0.25) is 14.5 Å². The van der Waals surface area contributed by atoms with Gasteiger partial charge in [0, 0.05) is 38.8 Å². The SMILES string of the molecule is CCCNC(=O)CN(C)C(=O)CN1CCNCC12CCCCC2.Cl. The van der Waals surface area contributed by atoms with Gasteiger partial charge < -0.3 is 15.5 Å². The van der Waals surface area contributed by atoms with E-state index >= 15 is 0 Å². The van der Waals surface area contributed by atoms with Crippen LogP contribution >= 0.6 is 12.4 Å². The van der Waals surface area contributed by atoms with Gasteiger partial charge in [-0.25, -0.2) is 0 Å². The maximum Gasteiger partial charge on any atom is 0.239 e. The first kappa shape index (κ1) is 21.2. The van der Waals surface area contributed by atoms with Crippen molar-refractivity contribution in [1.82, 2.24) is 20.4 Å². The molecule has 1 saturated carbocycles. The molecule has 24 heavy (non-hydrogen) atoms. The van der Waals surface area contributed by atoms with Crippen LogP contribution < -0.4 is 10.6 Å². The van der Waals surface area contributed by atoms with E-state index in [0.29, 0.717) is 13.1 Å². The number of hydrogen-bond donors (Lipinski definition) is 2. The highest BCUT2D eigenvalue weighted by Gasteiger charge is 2.40. The standard InChI is InChI=1S/C17H32N4O2.ClH/c1-3-9-19-15(22)12-20(2)16(23)13-21-11-10-18-14-17(21)7-5-4-6-8-17;/h18H,3-14H2,1-2H3,(H,19,22);1H. The Morgan fingerprint density at radius 3 is 2.62 bits per heavy atom. The van der Waals surface area contributed by atoms with Crippen LogP contribution in [0.15, 0.2) is 0 Å². The molecule has 0 aromatic carbocycles. The zero-order valence-electron chi connectivity index (χ0n) is 15.1. The molecule has 0 bridgehead atoms. The van der Waals surface area contributed by atoms with Crippen molar-refractivity contribution >= 4 is 24.2 Å². The lowest BCUT2D eigenvalue weighted by Gasteiger charge is -2.49. The second kappa shape index (κ2) is 10.2. The molecule has 1 spiro atoms. The van der Waals surface area contributed by atoms with E-state index in [0.717, 1.165) is 26.1 Å². The van der Waals surface area contributed by atoms with E-state index in [1.807, 2.05) is 6.92 Å². The average molecular weight is 361 g/mol. The number of carbonyl (C=O) groups is 2. The molecule has 140 valence electrons. The van der Waals surface area contributed by atoms with Crippen molar-refractivity contribution in [3.63, 3.8) is 0 Å². The van der Waals surface area contributed by atoms with E-state index in [1.54, 1.807) is 11.9 Å². The van der Waals surface area contributed by atoms with Gasteiger partial charge in [-0.15, -0.1) is 12.4 Å². The predicted molar refractivity (Wildman–Crippen MR) is 98.4 cm³/mol. The minimum Gasteiger partial charge on any atom is -0.355 e. The first-order chi connectivity index (χ1) is 11.1. The molecule has 2 N–H and O–H groups in total. The number of carbonyl (C=O) groups excluding carboxylic acids is 2. The lowest BCUT2D eigenvalue weighted by molar-refractivity contribution is -0.137. The van der Waals surface area contributed by atoms with E-state index in [1.165, 1.54) is 32.1 Å². The van der Waals surface area contributed by atoms with Crippen LogP contribution in [0.2, 0.25) is 0 Å². The Morgan fingerprint density at radius 2 is 1.96 bits per heavy atom. The van der Waals surface area contributed by atoms with Gasteiger partial charge in [0.2, 0.25) is 11.8 Å². The van der Waals surface area contributed by atoms with Gasteiger partial charge in [0.15, 0.2) is 0 Å². The summed E-state index contributed by atoms with van der Waals surface area (Å²) in [6.07, 6.45) is 7.07. The molecule has 7 heteroatoms. The third-order valence-corrected chi connectivity index (χ3v) is 5.17. The van der Waals surface area contributed by atoms with Crippen molar-refractivity contribution in [2.75, 3.05) is 46.3 Å². The molecule has 0 atom stereocenters. The quantitative estimate of drug-likeness (QED) is 0.741. The number of halogens is 1. The summed E-state index contributed by atoms with van der Waals surface area (Å²) in [4.78, 5) is 28.2. The summed E-state index contributed by atoms with van der Waals surface area (Å²) < 4.78 is 0. The maximum absolute atomic E-state index is 12.5. The second-order valence-corrected chi connectivity index (χ2v) is 6.98. The lowest BCUT2D eigenvalue weighted by atomic mass is 9.79. The highest BCUT2D eigenvalue weighted by Crippen LogP contribution is 2.34. The first-order valence-corrected chi connectivity index (χ1v) is 9.04. The summed E-state index contributed by atoms with van der Waals surface area (Å²) in [6.45, 7) is 6.11. The summed E-state index contributed by atoms with van der Waals surface area (Å²) in [5.41, 5.74) is 0.150. The predicted octanol–water partition coefficient (Wildman–Crippen LogP) is 1.00. The van der Waals surface area contributed by atoms with Crippen LogP contribution in [0.5, 0.6) is 0 Å². The van der Waals surface area contributed by atoms with Crippen molar-refractivity contribution in [3.8, 4) is 0 Å². The van der Waals surface area contributed by atoms with Gasteiger partial charge in [-0.2, -0.15) is 0 Å². The molecule has 0 aromatic rings. The Kier molecular flexibility index (Phi) is 9.02. The molecule has 2 amide bonds. The normalized spacial score (nSPS) is 20.2. The number of likely N-dealkylation sites (N-methyl/N-ethyl adjacent to an activating group) is 1. The Bertz CT molecular complexity index is 405. The molecule has 1 heterocycles. The van der Waals surface area contributed by atoms with E-state index in [2.05, 4.69) is 15.5 Å². The summed E-state index contributed by atoms with van der Waals surface area (Å²) in [7, 11) is 1.73. The van der Waals surface area contributed by atoms with Crippen LogP contribution in [0.25, 0.3) is 0 Å². The fourth-order valence-corrected chi connectivity index (χ4v) is 3.74. The van der Waals surface area contributed by atoms with Crippen molar-refractivity contribution in [1.29, 1.82) is 0 Å². The average Bonchev–Trinajstić information content (AvgIpc) is 2.56. The molecule has 6 nitrogen and oxygen atoms in total. The van der Waals surface area contributed by atoms with Gasteiger partial charge in [-0.1, -0.05) is 26.2 Å². The molecule has 2 fully saturated rings. The second-order valence-electron chi connectivity index (χ2n) is 6.98. The third-order valence-electron chi connectivity index (χ3n) is 5.17. The summed E-state index contributed by atoms with van der Waals surface area (Å²) in [5.74, 6) is -0.0288. The Morgan fingerprint density at radius 1 is 1.25 bits per heavy atom. The van der Waals surface area contributed by atoms with E-state index in [-0.39, 0.29) is 36.3 Å². The molecule has 0 radical (unpaired) electrons. The largest absolute Gasteiger partial charge is 0.355 e. The van der Waals surface area contributed by atoms with Crippen LogP contribution in [0.3, 0.4) is 0 Å². The summed E-state index contributed by atoms with van der Waals surface area (Å²) in [6, 6.07) is 0. The lowest BCUT2D eigenvalue weighted by Crippen LogP contribution is -2.63. The van der Waals surface area contributed by atoms with Crippen LogP contribution in [-0.4, -0.2) is 73.5 Å². The van der Waals surface area contributed by atoms with Crippen molar-refractivity contribution in [2.24, 2.45) is 0 Å². The summed E-state index contributed by atoms with van der Waals surface area (Å²) in [5, 5.41) is 6.32. The minimum atomic E-state index is -0.0737. The van der Waals surface area contributed by atoms with E-state index in [4.69, 9.17) is 0 Å². The zero-order valence-corrected chi connectivity index (χ0v) is 15.9. The third kappa shape index (κ3) is 5.60. The molecule has 1 aliphatic heterocycles. The number of nitrogens with one attached hydrogen (secondary N) is 2. The fraction of sp³-hybridized carbons (Fsp3) is 0.882. The number of hydrogen-bond acceptors (Lipinski definition) is 4. The van der Waals surface area contributed by atoms with Gasteiger partial charge in [0.25, 0.3) is 0 Å². The van der Waals surface area contributed by atoms with Gasteiger partial charge in [-0.05, 0) is 19.3 Å². The Balaban J connectivity index is 0.00000288. The van der Waals surface area contributed by atoms with Crippen LogP contribution in [0.4, 0.5) is 0 Å². The maximum atomic E-state index is 12.5. The number of rotatable bonds is 6. The number of nitrogens with zero attached hydrogens (tertiary/aromatic N) is 2. The van der Waals surface area contributed by atoms with E-state index < -0.39 is 0 Å². The fourth-order valence-electron chi connectivity index (χ4n) is 3.74. The zero-order chi connectivity index (χ0) is 16.7. The highest BCUT2D eigenvalue weighted by molar-refractivity contribution is 5.85. The van der Waals surface area contributed by atoms with Gasteiger partial charge in [0.05, 0.1) is 13.1 Å². The molecular weight excluding hydrogens is 328 g/mol. The minimum absolute atomic E-state index is 0. The first-order valence-electron chi connectivity index (χ1n) is 9.04. The molecule has 1 aliphatic carbocycles. The van der Waals surface area contributed by atoms with Crippen LogP contribution in [-0.2, 0) is 9.59 Å². The highest BCUT2D eigenvalue weighted by atomic mass is 35.5. The van der Waals surface area contributed by atoms with Crippen LogP contribution in [0, 0.1) is 0 Å². The van der Waals surface area contributed by atoms with Crippen molar-refractivity contribution in [3.05, 3.63) is 0 Å². The Hall–Kier alpha value is -0.850. The molecule has 0 aromatic heterocycles. The van der Waals surface area contributed by atoms with Gasteiger partial charge >= 0.3 is 0 Å². The van der Waals surface area contributed by atoms with Crippen molar-refractivity contribution < 1.29 is 9.59 Å². The Labute approximate surface area is 152 Å². The number of amides is 2. The van der Waals surface area contributed by atoms with Gasteiger partial charge in [0.1, 0.15) is 0 Å². The monoisotopic (exact) mass is 360 g/mol.